The molecular formula is C15H23N3O3S. The summed E-state index contributed by atoms with van der Waals surface area (Å²) in [4.78, 5) is 14.2. The van der Waals surface area contributed by atoms with Gasteiger partial charge < -0.3 is 5.32 Å². The van der Waals surface area contributed by atoms with E-state index in [1.807, 2.05) is 0 Å². The highest BCUT2D eigenvalue weighted by Gasteiger charge is 2.23. The highest BCUT2D eigenvalue weighted by atomic mass is 32.2. The number of likely N-dealkylation sites (tertiary alicyclic amines) is 1. The van der Waals surface area contributed by atoms with Gasteiger partial charge in [0.2, 0.25) is 15.9 Å². The van der Waals surface area contributed by atoms with Crippen LogP contribution in [0.3, 0.4) is 0 Å². The Balaban J connectivity index is 1.97. The molecule has 0 spiro atoms. The number of anilines is 1. The summed E-state index contributed by atoms with van der Waals surface area (Å²) in [6.45, 7) is 6.52. The van der Waals surface area contributed by atoms with Gasteiger partial charge in [-0.05, 0) is 36.5 Å². The van der Waals surface area contributed by atoms with Crippen molar-refractivity contribution in [2.45, 2.75) is 25.2 Å². The minimum atomic E-state index is -3.76. The van der Waals surface area contributed by atoms with Crippen molar-refractivity contribution >= 4 is 21.6 Å². The topological polar surface area (TPSA) is 92.5 Å². The second-order valence-corrected chi connectivity index (χ2v) is 7.82. The normalized spacial score (nSPS) is 23.2. The first-order valence-electron chi connectivity index (χ1n) is 7.39. The molecule has 6 nitrogen and oxygen atoms in total. The number of piperidine rings is 1. The number of nitrogens with one attached hydrogen (secondary N) is 1. The highest BCUT2D eigenvalue weighted by Crippen LogP contribution is 2.21. The molecule has 0 aliphatic carbocycles. The van der Waals surface area contributed by atoms with Crippen LogP contribution in [0.1, 0.15) is 20.3 Å². The molecule has 22 heavy (non-hydrogen) atoms. The molecule has 2 rings (SSSR count). The molecule has 2 atom stereocenters. The van der Waals surface area contributed by atoms with Crippen molar-refractivity contribution in [2.24, 2.45) is 17.0 Å². The van der Waals surface area contributed by atoms with Crippen LogP contribution in [0.2, 0.25) is 0 Å². The van der Waals surface area contributed by atoms with Crippen molar-refractivity contribution in [3.05, 3.63) is 24.3 Å². The Labute approximate surface area is 131 Å². The molecule has 1 aliphatic rings. The fourth-order valence-electron chi connectivity index (χ4n) is 3.08. The van der Waals surface area contributed by atoms with Gasteiger partial charge >= 0.3 is 0 Å². The van der Waals surface area contributed by atoms with Gasteiger partial charge in [0.1, 0.15) is 0 Å². The van der Waals surface area contributed by atoms with Crippen molar-refractivity contribution in [1.82, 2.24) is 4.90 Å². The third-order valence-electron chi connectivity index (χ3n) is 3.76. The molecule has 0 radical (unpaired) electrons. The Morgan fingerprint density at radius 3 is 2.55 bits per heavy atom. The van der Waals surface area contributed by atoms with Crippen LogP contribution >= 0.6 is 0 Å². The van der Waals surface area contributed by atoms with Gasteiger partial charge in [-0.3, -0.25) is 9.69 Å². The van der Waals surface area contributed by atoms with Gasteiger partial charge in [-0.15, -0.1) is 0 Å². The van der Waals surface area contributed by atoms with E-state index in [0.29, 0.717) is 24.1 Å². The molecule has 0 unspecified atom stereocenters. The summed E-state index contributed by atoms with van der Waals surface area (Å²) in [5.41, 5.74) is 0.439. The lowest BCUT2D eigenvalue weighted by molar-refractivity contribution is -0.117. The van der Waals surface area contributed by atoms with Gasteiger partial charge in [-0.25, -0.2) is 13.6 Å². The molecule has 0 aromatic heterocycles. The van der Waals surface area contributed by atoms with Crippen molar-refractivity contribution in [3.63, 3.8) is 0 Å². The zero-order chi connectivity index (χ0) is 16.3. The molecule has 1 saturated heterocycles. The zero-order valence-corrected chi connectivity index (χ0v) is 13.8. The Morgan fingerprint density at radius 2 is 1.95 bits per heavy atom. The maximum atomic E-state index is 12.1. The number of sulfonamides is 1. The largest absolute Gasteiger partial charge is 0.325 e. The molecule has 122 valence electrons. The van der Waals surface area contributed by atoms with E-state index in [-0.39, 0.29) is 10.8 Å². The Morgan fingerprint density at radius 1 is 1.32 bits per heavy atom. The SMILES string of the molecule is C[C@@H]1C[C@@H](C)CN(CC(=O)Nc2cccc(S(N)(=O)=O)c2)C1. The molecule has 7 heteroatoms. The van der Waals surface area contributed by atoms with E-state index < -0.39 is 10.0 Å². The molecule has 1 amide bonds. The van der Waals surface area contributed by atoms with Gasteiger partial charge in [0.05, 0.1) is 11.4 Å². The van der Waals surface area contributed by atoms with E-state index in [4.69, 9.17) is 5.14 Å². The number of benzene rings is 1. The van der Waals surface area contributed by atoms with Gasteiger partial charge in [0.15, 0.2) is 0 Å². The lowest BCUT2D eigenvalue weighted by Gasteiger charge is -2.34. The number of carbonyl (C=O) groups excluding carboxylic acids is 1. The third-order valence-corrected chi connectivity index (χ3v) is 4.67. The summed E-state index contributed by atoms with van der Waals surface area (Å²) < 4.78 is 22.6. The first-order chi connectivity index (χ1) is 10.2. The summed E-state index contributed by atoms with van der Waals surface area (Å²) in [6.07, 6.45) is 1.19. The lowest BCUT2D eigenvalue weighted by Crippen LogP contribution is -2.42. The summed E-state index contributed by atoms with van der Waals surface area (Å²) in [5, 5.41) is 7.82. The molecule has 0 saturated carbocycles. The number of hydrogen-bond donors (Lipinski definition) is 2. The molecule has 1 fully saturated rings. The number of nitrogens with two attached hydrogens (primary N) is 1. The Hall–Kier alpha value is -1.44. The average molecular weight is 325 g/mol. The Kier molecular flexibility index (Phi) is 5.20. The number of amides is 1. The van der Waals surface area contributed by atoms with Gasteiger partial charge in [0.25, 0.3) is 0 Å². The van der Waals surface area contributed by atoms with E-state index in [1.54, 1.807) is 12.1 Å². The van der Waals surface area contributed by atoms with Gasteiger partial charge in [-0.2, -0.15) is 0 Å². The van der Waals surface area contributed by atoms with Crippen molar-refractivity contribution in [1.29, 1.82) is 0 Å². The number of rotatable bonds is 4. The fraction of sp³-hybridized carbons (Fsp3) is 0.533. The molecule has 0 bridgehead atoms. The first-order valence-corrected chi connectivity index (χ1v) is 8.93. The van der Waals surface area contributed by atoms with Crippen LogP contribution in [-0.2, 0) is 14.8 Å². The van der Waals surface area contributed by atoms with Crippen LogP contribution in [0.4, 0.5) is 5.69 Å². The molecule has 3 N–H and O–H groups in total. The molecule has 1 aliphatic heterocycles. The maximum absolute atomic E-state index is 12.1. The summed E-state index contributed by atoms with van der Waals surface area (Å²) in [6, 6.07) is 5.97. The van der Waals surface area contributed by atoms with Crippen LogP contribution < -0.4 is 10.5 Å². The van der Waals surface area contributed by atoms with E-state index in [1.165, 1.54) is 18.6 Å². The van der Waals surface area contributed by atoms with Crippen LogP contribution in [0.25, 0.3) is 0 Å². The molecule has 1 aromatic carbocycles. The second kappa shape index (κ2) is 6.76. The standard InChI is InChI=1S/C15H23N3O3S/c1-11-6-12(2)9-18(8-11)10-15(19)17-13-4-3-5-14(7-13)22(16,20)21/h3-5,7,11-12H,6,8-10H2,1-2H3,(H,17,19)(H2,16,20,21)/t11-,12-/m1/s1. The van der Waals surface area contributed by atoms with Crippen molar-refractivity contribution < 1.29 is 13.2 Å². The van der Waals surface area contributed by atoms with E-state index >= 15 is 0 Å². The minimum absolute atomic E-state index is 0.00878. The number of hydrogen-bond acceptors (Lipinski definition) is 4. The molecule has 1 heterocycles. The fourth-order valence-corrected chi connectivity index (χ4v) is 3.64. The summed E-state index contributed by atoms with van der Waals surface area (Å²) >= 11 is 0. The smallest absolute Gasteiger partial charge is 0.238 e. The summed E-state index contributed by atoms with van der Waals surface area (Å²) in [7, 11) is -3.76. The second-order valence-electron chi connectivity index (χ2n) is 6.26. The quantitative estimate of drug-likeness (QED) is 0.871. The molecule has 1 aromatic rings. The highest BCUT2D eigenvalue weighted by molar-refractivity contribution is 7.89. The Bertz CT molecular complexity index is 635. The van der Waals surface area contributed by atoms with Crippen LogP contribution in [-0.4, -0.2) is 38.9 Å². The van der Waals surface area contributed by atoms with E-state index in [2.05, 4.69) is 24.1 Å². The third kappa shape index (κ3) is 4.79. The van der Waals surface area contributed by atoms with Crippen LogP contribution in [0, 0.1) is 11.8 Å². The predicted molar refractivity (Wildman–Crippen MR) is 85.8 cm³/mol. The average Bonchev–Trinajstić information content (AvgIpc) is 2.36. The zero-order valence-electron chi connectivity index (χ0n) is 13.0. The van der Waals surface area contributed by atoms with Gasteiger partial charge in [0, 0.05) is 18.8 Å². The summed E-state index contributed by atoms with van der Waals surface area (Å²) in [5.74, 6) is 1.03. The maximum Gasteiger partial charge on any atom is 0.238 e. The predicted octanol–water partition coefficient (Wildman–Crippen LogP) is 1.25. The molecular weight excluding hydrogens is 302 g/mol. The van der Waals surface area contributed by atoms with Crippen LogP contribution in [0.15, 0.2) is 29.2 Å². The monoisotopic (exact) mass is 325 g/mol. The first kappa shape index (κ1) is 16.9. The lowest BCUT2D eigenvalue weighted by atomic mass is 9.92. The van der Waals surface area contributed by atoms with Crippen molar-refractivity contribution in [2.75, 3.05) is 25.0 Å². The number of nitrogens with zero attached hydrogens (tertiary/aromatic N) is 1. The van der Waals surface area contributed by atoms with Gasteiger partial charge in [-0.1, -0.05) is 19.9 Å². The van der Waals surface area contributed by atoms with E-state index in [9.17, 15) is 13.2 Å². The van der Waals surface area contributed by atoms with E-state index in [0.717, 1.165) is 13.1 Å². The van der Waals surface area contributed by atoms with Crippen molar-refractivity contribution in [3.8, 4) is 0 Å². The van der Waals surface area contributed by atoms with Crippen LogP contribution in [0.5, 0.6) is 0 Å². The minimum Gasteiger partial charge on any atom is -0.325 e. The number of carbonyl (C=O) groups is 1. The number of primary sulfonamides is 1.